The van der Waals surface area contributed by atoms with E-state index in [2.05, 4.69) is 15.2 Å². The Morgan fingerprint density at radius 2 is 2.20 bits per heavy atom. The second-order valence-corrected chi connectivity index (χ2v) is 7.10. The number of halogens is 1. The third kappa shape index (κ3) is 3.91. The van der Waals surface area contributed by atoms with Crippen LogP contribution in [0.3, 0.4) is 0 Å². The van der Waals surface area contributed by atoms with Gasteiger partial charge in [-0.3, -0.25) is 0 Å². The Kier molecular flexibility index (Phi) is 4.91. The lowest BCUT2D eigenvalue weighted by Gasteiger charge is -2.05. The van der Waals surface area contributed by atoms with E-state index in [4.69, 9.17) is 9.15 Å². The number of methoxy groups -OCH3 is 1. The molecule has 3 rings (SSSR count). The van der Waals surface area contributed by atoms with Gasteiger partial charge in [-0.2, -0.15) is 0 Å². The van der Waals surface area contributed by atoms with Crippen molar-refractivity contribution in [2.75, 3.05) is 13.7 Å². The fourth-order valence-corrected chi connectivity index (χ4v) is 3.53. The van der Waals surface area contributed by atoms with Crippen molar-refractivity contribution < 1.29 is 22.0 Å². The summed E-state index contributed by atoms with van der Waals surface area (Å²) in [5, 5.41) is 7.15. The number of ether oxygens (including phenoxy) is 1. The predicted molar refractivity (Wildman–Crippen MR) is 84.7 cm³/mol. The highest BCUT2D eigenvalue weighted by Gasteiger charge is 2.24. The molecule has 10 heteroatoms. The van der Waals surface area contributed by atoms with Gasteiger partial charge in [-0.05, 0) is 18.2 Å². The Bertz CT molecular complexity index is 967. The zero-order valence-corrected chi connectivity index (χ0v) is 14.1. The van der Waals surface area contributed by atoms with E-state index in [9.17, 15) is 12.8 Å². The van der Waals surface area contributed by atoms with Gasteiger partial charge in [0.2, 0.25) is 20.9 Å². The zero-order chi connectivity index (χ0) is 17.9. The summed E-state index contributed by atoms with van der Waals surface area (Å²) in [5.74, 6) is -0.695. The van der Waals surface area contributed by atoms with Crippen LogP contribution in [0.15, 0.2) is 46.4 Å². The SMILES string of the molecule is COCCn1cnnc1S(=O)(=O)Cc1coc(-c2cccc(F)c2)n1. The molecule has 0 bridgehead atoms. The average Bonchev–Trinajstić information content (AvgIpc) is 3.22. The van der Waals surface area contributed by atoms with Gasteiger partial charge < -0.3 is 13.7 Å². The molecule has 0 aliphatic heterocycles. The smallest absolute Gasteiger partial charge is 0.249 e. The summed E-state index contributed by atoms with van der Waals surface area (Å²) >= 11 is 0. The van der Waals surface area contributed by atoms with Gasteiger partial charge >= 0.3 is 0 Å². The molecule has 0 aliphatic rings. The highest BCUT2D eigenvalue weighted by Crippen LogP contribution is 2.21. The van der Waals surface area contributed by atoms with Gasteiger partial charge in [-0.25, -0.2) is 17.8 Å². The van der Waals surface area contributed by atoms with Gasteiger partial charge in [0, 0.05) is 19.2 Å². The van der Waals surface area contributed by atoms with Crippen LogP contribution in [0.25, 0.3) is 11.5 Å². The topological polar surface area (TPSA) is 100 Å². The monoisotopic (exact) mass is 366 g/mol. The van der Waals surface area contributed by atoms with E-state index in [1.54, 1.807) is 6.07 Å². The van der Waals surface area contributed by atoms with Crippen LogP contribution < -0.4 is 0 Å². The standard InChI is InChI=1S/C15H15FN4O4S/c1-23-6-5-20-10-17-19-15(20)25(21,22)9-13-8-24-14(18-13)11-3-2-4-12(16)7-11/h2-4,7-8,10H,5-6,9H2,1H3. The summed E-state index contributed by atoms with van der Waals surface area (Å²) < 4.78 is 49.9. The number of hydrogen-bond acceptors (Lipinski definition) is 7. The Labute approximate surface area is 143 Å². The molecule has 0 unspecified atom stereocenters. The maximum Gasteiger partial charge on any atom is 0.249 e. The molecule has 0 saturated heterocycles. The molecule has 8 nitrogen and oxygen atoms in total. The molecule has 1 aromatic carbocycles. The van der Waals surface area contributed by atoms with Crippen LogP contribution in [-0.2, 0) is 26.9 Å². The molecule has 0 aliphatic carbocycles. The molecule has 0 saturated carbocycles. The maximum atomic E-state index is 13.3. The van der Waals surface area contributed by atoms with Crippen molar-refractivity contribution in [1.82, 2.24) is 19.7 Å². The van der Waals surface area contributed by atoms with Crippen LogP contribution in [0.2, 0.25) is 0 Å². The average molecular weight is 366 g/mol. The summed E-state index contributed by atoms with van der Waals surface area (Å²) in [6, 6.07) is 5.69. The lowest BCUT2D eigenvalue weighted by Crippen LogP contribution is -2.15. The number of nitrogens with zero attached hydrogens (tertiary/aromatic N) is 4. The van der Waals surface area contributed by atoms with E-state index < -0.39 is 21.4 Å². The molecule has 25 heavy (non-hydrogen) atoms. The molecule has 0 N–H and O–H groups in total. The molecule has 0 radical (unpaired) electrons. The van der Waals surface area contributed by atoms with Crippen molar-refractivity contribution in [3.8, 4) is 11.5 Å². The Morgan fingerprint density at radius 3 is 2.96 bits per heavy atom. The molecule has 2 heterocycles. The molecular weight excluding hydrogens is 351 g/mol. The van der Waals surface area contributed by atoms with E-state index in [0.29, 0.717) is 18.7 Å². The summed E-state index contributed by atoms with van der Waals surface area (Å²) in [6.07, 6.45) is 2.56. The minimum atomic E-state index is -3.77. The fraction of sp³-hybridized carbons (Fsp3) is 0.267. The third-order valence-corrected chi connectivity index (χ3v) is 4.90. The van der Waals surface area contributed by atoms with Crippen molar-refractivity contribution >= 4 is 9.84 Å². The lowest BCUT2D eigenvalue weighted by atomic mass is 10.2. The van der Waals surface area contributed by atoms with E-state index in [0.717, 1.165) is 0 Å². The van der Waals surface area contributed by atoms with Crippen LogP contribution >= 0.6 is 0 Å². The van der Waals surface area contributed by atoms with Crippen molar-refractivity contribution in [2.24, 2.45) is 0 Å². The molecular formula is C15H15FN4O4S. The normalized spacial score (nSPS) is 11.8. The Morgan fingerprint density at radius 1 is 1.36 bits per heavy atom. The van der Waals surface area contributed by atoms with Crippen LogP contribution in [0.5, 0.6) is 0 Å². The molecule has 0 amide bonds. The number of benzene rings is 1. The fourth-order valence-electron chi connectivity index (χ4n) is 2.21. The highest BCUT2D eigenvalue weighted by molar-refractivity contribution is 7.90. The highest BCUT2D eigenvalue weighted by atomic mass is 32.2. The van der Waals surface area contributed by atoms with E-state index in [1.165, 1.54) is 42.5 Å². The molecule has 2 aromatic heterocycles. The first-order chi connectivity index (χ1) is 12.0. The number of oxazole rings is 1. The Balaban J connectivity index is 1.81. The number of hydrogen-bond donors (Lipinski definition) is 0. The minimum absolute atomic E-state index is 0.144. The summed E-state index contributed by atoms with van der Waals surface area (Å²) in [5.41, 5.74) is 0.618. The van der Waals surface area contributed by atoms with Gasteiger partial charge in [0.05, 0.1) is 12.3 Å². The van der Waals surface area contributed by atoms with E-state index in [-0.39, 0.29) is 16.7 Å². The molecule has 3 aromatic rings. The number of rotatable bonds is 7. The van der Waals surface area contributed by atoms with Crippen LogP contribution in [-0.4, -0.2) is 41.9 Å². The first kappa shape index (κ1) is 17.2. The first-order valence-electron chi connectivity index (χ1n) is 7.29. The second-order valence-electron chi connectivity index (χ2n) is 5.21. The summed E-state index contributed by atoms with van der Waals surface area (Å²) in [6.45, 7) is 0.639. The van der Waals surface area contributed by atoms with Crippen molar-refractivity contribution in [2.45, 2.75) is 17.5 Å². The molecule has 0 fully saturated rings. The predicted octanol–water partition coefficient (Wildman–Crippen LogP) is 1.69. The maximum absolute atomic E-state index is 13.3. The summed E-state index contributed by atoms with van der Waals surface area (Å²) in [7, 11) is -2.26. The number of sulfone groups is 1. The quantitative estimate of drug-likeness (QED) is 0.627. The molecule has 0 atom stereocenters. The molecule has 0 spiro atoms. The zero-order valence-electron chi connectivity index (χ0n) is 13.3. The van der Waals surface area contributed by atoms with Crippen molar-refractivity contribution in [1.29, 1.82) is 0 Å². The Hall–Kier alpha value is -2.59. The van der Waals surface area contributed by atoms with Gasteiger partial charge in [0.15, 0.2) is 0 Å². The minimum Gasteiger partial charge on any atom is -0.444 e. The lowest BCUT2D eigenvalue weighted by molar-refractivity contribution is 0.184. The van der Waals surface area contributed by atoms with E-state index in [1.807, 2.05) is 0 Å². The van der Waals surface area contributed by atoms with Gasteiger partial charge in [0.25, 0.3) is 0 Å². The van der Waals surface area contributed by atoms with Gasteiger partial charge in [0.1, 0.15) is 24.2 Å². The largest absolute Gasteiger partial charge is 0.444 e. The third-order valence-electron chi connectivity index (χ3n) is 3.36. The van der Waals surface area contributed by atoms with Crippen LogP contribution in [0.4, 0.5) is 4.39 Å². The first-order valence-corrected chi connectivity index (χ1v) is 8.94. The number of aromatic nitrogens is 4. The second kappa shape index (κ2) is 7.11. The van der Waals surface area contributed by atoms with Crippen molar-refractivity contribution in [3.05, 3.63) is 48.4 Å². The van der Waals surface area contributed by atoms with Crippen molar-refractivity contribution in [3.63, 3.8) is 0 Å². The van der Waals surface area contributed by atoms with Gasteiger partial charge in [-0.1, -0.05) is 6.07 Å². The van der Waals surface area contributed by atoms with Crippen LogP contribution in [0.1, 0.15) is 5.69 Å². The van der Waals surface area contributed by atoms with Gasteiger partial charge in [-0.15, -0.1) is 10.2 Å². The molecule has 132 valence electrons. The summed E-state index contributed by atoms with van der Waals surface area (Å²) in [4.78, 5) is 4.11. The van der Waals surface area contributed by atoms with E-state index >= 15 is 0 Å². The van der Waals surface area contributed by atoms with Crippen LogP contribution in [0, 0.1) is 5.82 Å².